The van der Waals surface area contributed by atoms with Crippen molar-refractivity contribution in [3.63, 3.8) is 0 Å². The minimum atomic E-state index is -2.20. The van der Waals surface area contributed by atoms with Crippen LogP contribution in [-0.2, 0) is 42.8 Å². The van der Waals surface area contributed by atoms with E-state index < -0.39 is 88.4 Å². The second-order valence-corrected chi connectivity index (χ2v) is 12.8. The maximum atomic E-state index is 15.1. The molecule has 1 N–H and O–H groups in total. The molecular weight excluding hydrogens is 576 g/mol. The van der Waals surface area contributed by atoms with E-state index in [1.807, 2.05) is 0 Å². The summed E-state index contributed by atoms with van der Waals surface area (Å²) < 4.78 is 34.4. The van der Waals surface area contributed by atoms with Gasteiger partial charge in [0.2, 0.25) is 0 Å². The lowest BCUT2D eigenvalue weighted by molar-refractivity contribution is -0.345. The number of benzene rings is 1. The summed E-state index contributed by atoms with van der Waals surface area (Å²) in [6.07, 6.45) is -6.66. The number of carbonyl (C=O) groups excluding carboxylic acids is 5. The third-order valence-electron chi connectivity index (χ3n) is 10.4. The highest BCUT2D eigenvalue weighted by atomic mass is 16.7. The number of methoxy groups -OCH3 is 2. The van der Waals surface area contributed by atoms with Crippen LogP contribution >= 0.6 is 0 Å². The van der Waals surface area contributed by atoms with Gasteiger partial charge in [0.15, 0.2) is 23.3 Å². The first kappa shape index (κ1) is 31.8. The normalized spacial score (nSPS) is 37.3. The van der Waals surface area contributed by atoms with E-state index in [1.54, 1.807) is 39.0 Å². The summed E-state index contributed by atoms with van der Waals surface area (Å²) in [6.45, 7) is 7.26. The molecule has 1 aromatic carbocycles. The number of carbonyl (C=O) groups is 5. The second kappa shape index (κ2) is 10.8. The molecule has 12 nitrogen and oxygen atoms in total. The Morgan fingerprint density at radius 2 is 1.68 bits per heavy atom. The van der Waals surface area contributed by atoms with E-state index in [9.17, 15) is 24.3 Å². The van der Waals surface area contributed by atoms with Crippen molar-refractivity contribution in [1.29, 1.82) is 0 Å². The summed E-state index contributed by atoms with van der Waals surface area (Å²) in [5.41, 5.74) is -6.69. The molecule has 0 radical (unpaired) electrons. The van der Waals surface area contributed by atoms with Gasteiger partial charge in [0.1, 0.15) is 17.8 Å². The Labute approximate surface area is 254 Å². The first-order valence-electron chi connectivity index (χ1n) is 14.5. The number of hydrogen-bond acceptors (Lipinski definition) is 12. The van der Waals surface area contributed by atoms with Gasteiger partial charge in [0.05, 0.1) is 36.7 Å². The van der Waals surface area contributed by atoms with E-state index in [0.717, 1.165) is 7.11 Å². The molecule has 1 aliphatic heterocycles. The Balaban J connectivity index is 1.86. The highest BCUT2D eigenvalue weighted by Gasteiger charge is 2.78. The number of fused-ring (bicyclic) bond motifs is 5. The molecule has 1 heterocycles. The van der Waals surface area contributed by atoms with Crippen LogP contribution in [0.5, 0.6) is 0 Å². The van der Waals surface area contributed by atoms with Crippen LogP contribution in [0.15, 0.2) is 41.5 Å². The van der Waals surface area contributed by atoms with Crippen molar-refractivity contribution in [1.82, 2.24) is 0 Å². The van der Waals surface area contributed by atoms with E-state index in [1.165, 1.54) is 33.1 Å². The van der Waals surface area contributed by atoms with Gasteiger partial charge in [0, 0.05) is 32.3 Å². The topological polar surface area (TPSA) is 161 Å². The largest absolute Gasteiger partial charge is 0.509 e. The Morgan fingerprint density at radius 1 is 1.02 bits per heavy atom. The number of ether oxygens (including phenoxy) is 6. The molecule has 0 amide bonds. The molecule has 5 rings (SSSR count). The van der Waals surface area contributed by atoms with Gasteiger partial charge in [-0.1, -0.05) is 32.0 Å². The average molecular weight is 615 g/mol. The lowest BCUT2D eigenvalue weighted by atomic mass is 9.44. The molecule has 0 unspecified atom stereocenters. The van der Waals surface area contributed by atoms with Gasteiger partial charge in [0.25, 0.3) is 0 Å². The number of hydrogen-bond donors (Lipinski definition) is 1. The Hall–Kier alpha value is -3.61. The van der Waals surface area contributed by atoms with Gasteiger partial charge in [-0.15, -0.1) is 0 Å². The highest BCUT2D eigenvalue weighted by molar-refractivity contribution is 6.02. The fourth-order valence-electron chi connectivity index (χ4n) is 8.02. The molecule has 238 valence electrons. The Bertz CT molecular complexity index is 1430. The lowest BCUT2D eigenvalue weighted by Crippen LogP contribution is -2.82. The van der Waals surface area contributed by atoms with E-state index in [0.29, 0.717) is 0 Å². The van der Waals surface area contributed by atoms with Crippen LogP contribution in [0, 0.1) is 16.7 Å². The number of rotatable bonds is 5. The van der Waals surface area contributed by atoms with Gasteiger partial charge < -0.3 is 33.5 Å². The van der Waals surface area contributed by atoms with Crippen molar-refractivity contribution in [2.45, 2.75) is 83.1 Å². The predicted molar refractivity (Wildman–Crippen MR) is 150 cm³/mol. The first-order chi connectivity index (χ1) is 20.6. The zero-order valence-corrected chi connectivity index (χ0v) is 25.8. The third kappa shape index (κ3) is 4.33. The molecular formula is C32H38O12. The van der Waals surface area contributed by atoms with Gasteiger partial charge in [-0.05, 0) is 37.1 Å². The van der Waals surface area contributed by atoms with E-state index in [2.05, 4.69) is 0 Å². The summed E-state index contributed by atoms with van der Waals surface area (Å²) in [7, 11) is 2.48. The monoisotopic (exact) mass is 614 g/mol. The van der Waals surface area contributed by atoms with Gasteiger partial charge >= 0.3 is 18.1 Å². The van der Waals surface area contributed by atoms with Gasteiger partial charge in [-0.2, -0.15) is 0 Å². The molecule has 44 heavy (non-hydrogen) atoms. The van der Waals surface area contributed by atoms with E-state index >= 15 is 4.79 Å². The Morgan fingerprint density at radius 3 is 2.23 bits per heavy atom. The maximum absolute atomic E-state index is 15.1. The molecule has 3 aliphatic carbocycles. The molecule has 0 spiro atoms. The van der Waals surface area contributed by atoms with Crippen molar-refractivity contribution >= 4 is 29.7 Å². The summed E-state index contributed by atoms with van der Waals surface area (Å²) in [6, 6.07) is 8.06. The van der Waals surface area contributed by atoms with Crippen LogP contribution < -0.4 is 0 Å². The minimum Gasteiger partial charge on any atom is -0.455 e. The number of allylic oxidation sites excluding steroid dienone is 1. The average Bonchev–Trinajstić information content (AvgIpc) is 2.97. The molecule has 2 saturated carbocycles. The fourth-order valence-corrected chi connectivity index (χ4v) is 8.02. The predicted octanol–water partition coefficient (Wildman–Crippen LogP) is 2.73. The van der Waals surface area contributed by atoms with Gasteiger partial charge in [-0.3, -0.25) is 14.4 Å². The van der Waals surface area contributed by atoms with Crippen LogP contribution in [-0.4, -0.2) is 91.2 Å². The molecule has 8 atom stereocenters. The number of esters is 2. The third-order valence-corrected chi connectivity index (χ3v) is 10.4. The summed E-state index contributed by atoms with van der Waals surface area (Å²) >= 11 is 0. The van der Waals surface area contributed by atoms with Crippen LogP contribution in [0.2, 0.25) is 0 Å². The molecule has 1 saturated heterocycles. The number of ketones is 2. The van der Waals surface area contributed by atoms with Crippen molar-refractivity contribution in [3.8, 4) is 0 Å². The summed E-state index contributed by atoms with van der Waals surface area (Å²) in [5, 5.41) is 12.9. The van der Waals surface area contributed by atoms with Crippen LogP contribution in [0.25, 0.3) is 0 Å². The quantitative estimate of drug-likeness (QED) is 0.382. The van der Waals surface area contributed by atoms with E-state index in [-0.39, 0.29) is 29.7 Å². The molecule has 12 heteroatoms. The minimum absolute atomic E-state index is 0.0513. The van der Waals surface area contributed by atoms with Crippen molar-refractivity contribution in [2.75, 3.05) is 20.8 Å². The van der Waals surface area contributed by atoms with Crippen molar-refractivity contribution in [3.05, 3.63) is 47.0 Å². The fraction of sp³-hybridized carbons (Fsp3) is 0.594. The molecule has 4 aliphatic rings. The van der Waals surface area contributed by atoms with Crippen LogP contribution in [0.1, 0.15) is 57.8 Å². The zero-order chi connectivity index (χ0) is 32.4. The summed E-state index contributed by atoms with van der Waals surface area (Å²) in [4.78, 5) is 67.8. The van der Waals surface area contributed by atoms with Crippen molar-refractivity contribution in [2.24, 2.45) is 16.7 Å². The lowest BCUT2D eigenvalue weighted by Gasteiger charge is -2.67. The SMILES string of the molecule is COC(=O)O[C@H]1C(=O)[C@]2(C)[C@@H](OC)C[C@H]3OC[C@@]3(OC(C)=O)[C@H]2[C@H](OC(=O)c2ccccc2)[C@]2(O)CC(=O)C(C)=C1C2(C)C. The Kier molecular flexibility index (Phi) is 7.79. The van der Waals surface area contributed by atoms with Crippen LogP contribution in [0.4, 0.5) is 4.79 Å². The van der Waals surface area contributed by atoms with Crippen molar-refractivity contribution < 1.29 is 57.5 Å². The first-order valence-corrected chi connectivity index (χ1v) is 14.5. The number of aliphatic hydroxyl groups is 1. The molecule has 0 aromatic heterocycles. The van der Waals surface area contributed by atoms with Crippen LogP contribution in [0.3, 0.4) is 0 Å². The van der Waals surface area contributed by atoms with Gasteiger partial charge in [-0.25, -0.2) is 9.59 Å². The number of Topliss-reactive ketones (excluding diaryl/α,β-unsaturated/α-hetero) is 2. The molecule has 2 bridgehead atoms. The maximum Gasteiger partial charge on any atom is 0.509 e. The molecule has 1 aromatic rings. The standard InChI is InChI=1S/C32H38O12/c1-16-19(34)14-32(38)26(43-27(36)18-11-9-8-10-12-18)24-30(5,20(39-6)13-21-31(24,15-41-21)44-17(2)33)25(35)23(42-28(37)40-7)22(16)29(32,3)4/h8-12,20-21,23-24,26,38H,13-15H2,1-7H3/t20-,21+,23+,24-,26-,30+,31-,32+/m0/s1. The zero-order valence-electron chi connectivity index (χ0n) is 25.8. The second-order valence-electron chi connectivity index (χ2n) is 12.8. The summed E-state index contributed by atoms with van der Waals surface area (Å²) in [5.74, 6) is -4.08. The molecule has 3 fully saturated rings. The smallest absolute Gasteiger partial charge is 0.455 e. The highest BCUT2D eigenvalue weighted by Crippen LogP contribution is 2.64. The van der Waals surface area contributed by atoms with E-state index in [4.69, 9.17) is 28.4 Å².